The average molecular weight is 448 g/mol. The zero-order valence-corrected chi connectivity index (χ0v) is 18.7. The summed E-state index contributed by atoms with van der Waals surface area (Å²) in [5, 5.41) is 7.67. The number of aryl methyl sites for hydroxylation is 1. The minimum Gasteiger partial charge on any atom is -0.347 e. The third-order valence-corrected chi connectivity index (χ3v) is 6.67. The van der Waals surface area contributed by atoms with Gasteiger partial charge in [0, 0.05) is 31.0 Å². The van der Waals surface area contributed by atoms with E-state index < -0.39 is 0 Å². The Morgan fingerprint density at radius 1 is 1.22 bits per heavy atom. The molecule has 3 aromatic heterocycles. The molecule has 0 bridgehead atoms. The van der Waals surface area contributed by atoms with Gasteiger partial charge in [-0.1, -0.05) is 6.92 Å². The highest BCUT2D eigenvalue weighted by Crippen LogP contribution is 2.34. The van der Waals surface area contributed by atoms with E-state index in [1.165, 1.54) is 23.5 Å². The predicted octanol–water partition coefficient (Wildman–Crippen LogP) is 4.82. The second kappa shape index (κ2) is 8.20. The van der Waals surface area contributed by atoms with Crippen LogP contribution in [0.1, 0.15) is 19.0 Å². The summed E-state index contributed by atoms with van der Waals surface area (Å²) in [6.45, 7) is 10.9. The zero-order chi connectivity index (χ0) is 22.2. The summed E-state index contributed by atoms with van der Waals surface area (Å²) in [4.78, 5) is 17.4. The maximum absolute atomic E-state index is 13.3. The van der Waals surface area contributed by atoms with Crippen molar-refractivity contribution >= 4 is 33.8 Å². The highest BCUT2D eigenvalue weighted by atomic mass is 32.1. The molecule has 162 valence electrons. The zero-order valence-electron chi connectivity index (χ0n) is 17.9. The molecule has 1 saturated heterocycles. The largest absolute Gasteiger partial charge is 0.347 e. The molecular formula is C23H22FN7S. The van der Waals surface area contributed by atoms with Crippen LogP contribution in [0.5, 0.6) is 0 Å². The number of hydrogen-bond donors (Lipinski definition) is 0. The Hall–Kier alpha value is -3.51. The highest BCUT2D eigenvalue weighted by Gasteiger charge is 2.28. The van der Waals surface area contributed by atoms with Gasteiger partial charge < -0.3 is 14.6 Å². The van der Waals surface area contributed by atoms with E-state index in [0.717, 1.165) is 58.8 Å². The number of anilines is 3. The van der Waals surface area contributed by atoms with Crippen molar-refractivity contribution in [2.24, 2.45) is 0 Å². The van der Waals surface area contributed by atoms with Crippen molar-refractivity contribution < 1.29 is 4.39 Å². The Labute approximate surface area is 189 Å². The van der Waals surface area contributed by atoms with Crippen LogP contribution in [0, 0.1) is 12.4 Å². The number of imidazole rings is 1. The minimum atomic E-state index is -0.262. The van der Waals surface area contributed by atoms with Crippen molar-refractivity contribution in [3.05, 3.63) is 64.7 Å². The van der Waals surface area contributed by atoms with Crippen molar-refractivity contribution in [1.29, 1.82) is 0 Å². The van der Waals surface area contributed by atoms with Crippen LogP contribution in [0.15, 0.2) is 41.8 Å². The van der Waals surface area contributed by atoms with E-state index in [4.69, 9.17) is 21.6 Å². The van der Waals surface area contributed by atoms with Crippen molar-refractivity contribution in [1.82, 2.24) is 19.6 Å². The second-order valence-electron chi connectivity index (χ2n) is 7.80. The summed E-state index contributed by atoms with van der Waals surface area (Å²) < 4.78 is 15.2. The molecule has 1 aliphatic heterocycles. The van der Waals surface area contributed by atoms with E-state index in [2.05, 4.69) is 16.7 Å². The van der Waals surface area contributed by atoms with Gasteiger partial charge >= 0.3 is 0 Å². The lowest BCUT2D eigenvalue weighted by molar-refractivity contribution is 0.628. The maximum atomic E-state index is 13.3. The van der Waals surface area contributed by atoms with Crippen LogP contribution in [0.2, 0.25) is 0 Å². The lowest BCUT2D eigenvalue weighted by Gasteiger charge is -2.18. The Morgan fingerprint density at radius 2 is 2.03 bits per heavy atom. The van der Waals surface area contributed by atoms with E-state index >= 15 is 0 Å². The summed E-state index contributed by atoms with van der Waals surface area (Å²) in [5.41, 5.74) is 3.40. The molecule has 1 fully saturated rings. The average Bonchev–Trinajstić information content (AvgIpc) is 3.56. The van der Waals surface area contributed by atoms with Gasteiger partial charge in [0.1, 0.15) is 11.6 Å². The Morgan fingerprint density at radius 3 is 2.75 bits per heavy atom. The molecular weight excluding hydrogens is 425 g/mol. The first-order valence-corrected chi connectivity index (χ1v) is 11.4. The molecule has 4 heterocycles. The van der Waals surface area contributed by atoms with Gasteiger partial charge in [0.25, 0.3) is 0 Å². The lowest BCUT2D eigenvalue weighted by Crippen LogP contribution is -2.22. The van der Waals surface area contributed by atoms with Gasteiger partial charge in [-0.3, -0.25) is 0 Å². The van der Waals surface area contributed by atoms with E-state index in [1.807, 2.05) is 34.0 Å². The molecule has 1 aliphatic rings. The van der Waals surface area contributed by atoms with Crippen molar-refractivity contribution in [3.63, 3.8) is 0 Å². The van der Waals surface area contributed by atoms with Crippen LogP contribution in [0.4, 0.5) is 21.2 Å². The minimum absolute atomic E-state index is 0.0313. The number of rotatable bonds is 5. The monoisotopic (exact) mass is 447 g/mol. The SMILES string of the molecule is [C-]#[N+][C@H]1CCN(c2ccc3nc(CC)c(N(C)c4nc(-c5ccc(F)cc5)cs4)n3n2)C1. The van der Waals surface area contributed by atoms with Gasteiger partial charge in [0.15, 0.2) is 16.6 Å². The van der Waals surface area contributed by atoms with Crippen LogP contribution >= 0.6 is 11.3 Å². The fourth-order valence-corrected chi connectivity index (χ4v) is 4.82. The summed E-state index contributed by atoms with van der Waals surface area (Å²) >= 11 is 1.52. The van der Waals surface area contributed by atoms with Crippen molar-refractivity contribution in [2.75, 3.05) is 29.9 Å². The summed E-state index contributed by atoms with van der Waals surface area (Å²) in [5.74, 6) is 1.47. The molecule has 1 aromatic carbocycles. The fraction of sp³-hybridized carbons (Fsp3) is 0.304. The van der Waals surface area contributed by atoms with Gasteiger partial charge in [-0.15, -0.1) is 16.4 Å². The summed E-state index contributed by atoms with van der Waals surface area (Å²) in [7, 11) is 1.97. The predicted molar refractivity (Wildman–Crippen MR) is 125 cm³/mol. The molecule has 0 spiro atoms. The van der Waals surface area contributed by atoms with Gasteiger partial charge in [-0.05, 0) is 42.8 Å². The maximum Gasteiger partial charge on any atom is 0.242 e. The number of halogens is 1. The number of fused-ring (bicyclic) bond motifs is 1. The lowest BCUT2D eigenvalue weighted by atomic mass is 10.2. The van der Waals surface area contributed by atoms with Crippen molar-refractivity contribution in [3.8, 4) is 11.3 Å². The molecule has 0 unspecified atom stereocenters. The van der Waals surface area contributed by atoms with E-state index in [-0.39, 0.29) is 11.9 Å². The molecule has 7 nitrogen and oxygen atoms in total. The van der Waals surface area contributed by atoms with Crippen LogP contribution in [0.25, 0.3) is 21.7 Å². The molecule has 0 aliphatic carbocycles. The number of nitrogens with zero attached hydrogens (tertiary/aromatic N) is 7. The summed E-state index contributed by atoms with van der Waals surface area (Å²) in [6.07, 6.45) is 1.63. The first kappa shape index (κ1) is 20.4. The third-order valence-electron chi connectivity index (χ3n) is 5.75. The molecule has 0 amide bonds. The van der Waals surface area contributed by atoms with Crippen LogP contribution in [-0.2, 0) is 6.42 Å². The number of aromatic nitrogens is 4. The number of thiazole rings is 1. The van der Waals surface area contributed by atoms with Gasteiger partial charge in [-0.25, -0.2) is 20.9 Å². The van der Waals surface area contributed by atoms with Gasteiger partial charge in [0.2, 0.25) is 6.04 Å². The fourth-order valence-electron chi connectivity index (χ4n) is 4.02. The molecule has 9 heteroatoms. The first-order valence-electron chi connectivity index (χ1n) is 10.5. The van der Waals surface area contributed by atoms with Crippen LogP contribution < -0.4 is 9.80 Å². The summed E-state index contributed by atoms with van der Waals surface area (Å²) in [6, 6.07) is 10.4. The second-order valence-corrected chi connectivity index (χ2v) is 8.63. The van der Waals surface area contributed by atoms with Crippen LogP contribution in [0.3, 0.4) is 0 Å². The molecule has 0 radical (unpaired) electrons. The first-order chi connectivity index (χ1) is 15.6. The Balaban J connectivity index is 1.52. The third kappa shape index (κ3) is 3.56. The highest BCUT2D eigenvalue weighted by molar-refractivity contribution is 7.14. The van der Waals surface area contributed by atoms with E-state index in [0.29, 0.717) is 6.54 Å². The molecule has 5 rings (SSSR count). The molecule has 0 saturated carbocycles. The smallest absolute Gasteiger partial charge is 0.242 e. The van der Waals surface area contributed by atoms with E-state index in [9.17, 15) is 4.39 Å². The van der Waals surface area contributed by atoms with Gasteiger partial charge in [-0.2, -0.15) is 4.52 Å². The Bertz CT molecular complexity index is 1300. The Kier molecular flexibility index (Phi) is 5.23. The number of hydrogen-bond acceptors (Lipinski definition) is 6. The topological polar surface area (TPSA) is 53.9 Å². The number of benzene rings is 1. The molecule has 32 heavy (non-hydrogen) atoms. The molecule has 0 N–H and O–H groups in total. The van der Waals surface area contributed by atoms with Gasteiger partial charge in [0.05, 0.1) is 17.9 Å². The quantitative estimate of drug-likeness (QED) is 0.411. The normalized spacial score (nSPS) is 15.9. The van der Waals surface area contributed by atoms with Crippen LogP contribution in [-0.4, -0.2) is 45.8 Å². The molecule has 4 aromatic rings. The standard InChI is InChI=1S/C23H22FN7S/c1-4-18-22(29(3)23-27-19(14-32-23)15-5-7-16(24)8-6-15)31-20(26-18)9-10-21(28-31)30-12-11-17(13-30)25-2/h5-10,14,17H,4,11-13H2,1,3H3/t17-/m0/s1. The van der Waals surface area contributed by atoms with Crippen molar-refractivity contribution in [2.45, 2.75) is 25.8 Å². The molecule has 1 atom stereocenters. The van der Waals surface area contributed by atoms with E-state index in [1.54, 1.807) is 12.1 Å².